The Hall–Kier alpha value is -0.370. The first-order valence-corrected chi connectivity index (χ1v) is 8.49. The van der Waals surface area contributed by atoms with Crippen molar-refractivity contribution in [1.82, 2.24) is 4.72 Å². The van der Waals surface area contributed by atoms with Gasteiger partial charge >= 0.3 is 0 Å². The van der Waals surface area contributed by atoms with E-state index in [-0.39, 0.29) is 33.0 Å². The van der Waals surface area contributed by atoms with Crippen molar-refractivity contribution in [3.8, 4) is 0 Å². The van der Waals surface area contributed by atoms with E-state index in [0.717, 1.165) is 6.42 Å². The summed E-state index contributed by atoms with van der Waals surface area (Å²) in [7, 11) is -3.83. The quantitative estimate of drug-likeness (QED) is 0.873. The first-order chi connectivity index (χ1) is 9.42. The van der Waals surface area contributed by atoms with Gasteiger partial charge in [-0.15, -0.1) is 0 Å². The van der Waals surface area contributed by atoms with E-state index in [1.54, 1.807) is 6.07 Å². The van der Waals surface area contributed by atoms with E-state index in [1.165, 1.54) is 12.1 Å². The monoisotopic (exact) mass is 336 g/mol. The molecule has 3 N–H and O–H groups in total. The molecular formula is C12H14Cl2N2O3S. The molecule has 0 amide bonds. The third-order valence-corrected chi connectivity index (χ3v) is 6.34. The second kappa shape index (κ2) is 5.12. The van der Waals surface area contributed by atoms with Gasteiger partial charge in [0.05, 0.1) is 22.2 Å². The van der Waals surface area contributed by atoms with Crippen molar-refractivity contribution in [3.05, 3.63) is 28.2 Å². The van der Waals surface area contributed by atoms with Crippen LogP contribution >= 0.6 is 23.2 Å². The molecule has 0 radical (unpaired) electrons. The number of nitrogens with one attached hydrogen (secondary N) is 1. The van der Waals surface area contributed by atoms with Gasteiger partial charge in [-0.1, -0.05) is 29.3 Å². The topological polar surface area (TPSA) is 81.4 Å². The summed E-state index contributed by atoms with van der Waals surface area (Å²) in [5.74, 6) is 0.226. The SMILES string of the molecule is NC1C2CCOC2C1NS(=O)(=O)c1c(Cl)cccc1Cl. The predicted octanol–water partition coefficient (Wildman–Crippen LogP) is 1.39. The molecule has 0 spiro atoms. The molecule has 5 nitrogen and oxygen atoms in total. The maximum Gasteiger partial charge on any atom is 0.243 e. The van der Waals surface area contributed by atoms with Gasteiger partial charge in [0.15, 0.2) is 0 Å². The summed E-state index contributed by atoms with van der Waals surface area (Å²) in [4.78, 5) is -0.114. The molecule has 20 heavy (non-hydrogen) atoms. The predicted molar refractivity (Wildman–Crippen MR) is 76.4 cm³/mol. The summed E-state index contributed by atoms with van der Waals surface area (Å²) in [6, 6.07) is 3.89. The Balaban J connectivity index is 1.87. The zero-order valence-electron chi connectivity index (χ0n) is 10.4. The van der Waals surface area contributed by atoms with Crippen LogP contribution in [0.4, 0.5) is 0 Å². The van der Waals surface area contributed by atoms with Crippen LogP contribution < -0.4 is 10.5 Å². The molecule has 1 aliphatic carbocycles. The summed E-state index contributed by atoms with van der Waals surface area (Å²) in [5, 5.41) is 0.170. The molecule has 110 valence electrons. The first kappa shape index (κ1) is 14.6. The smallest absolute Gasteiger partial charge is 0.243 e. The molecule has 1 aromatic rings. The number of nitrogens with two attached hydrogens (primary N) is 1. The lowest BCUT2D eigenvalue weighted by Crippen LogP contribution is -2.68. The molecular weight excluding hydrogens is 323 g/mol. The third kappa shape index (κ3) is 2.24. The van der Waals surface area contributed by atoms with Crippen molar-refractivity contribution in [2.75, 3.05) is 6.61 Å². The average Bonchev–Trinajstić information content (AvgIpc) is 2.80. The maximum absolute atomic E-state index is 12.4. The minimum absolute atomic E-state index is 0.0850. The normalized spacial score (nSPS) is 32.8. The van der Waals surface area contributed by atoms with Crippen molar-refractivity contribution in [3.63, 3.8) is 0 Å². The van der Waals surface area contributed by atoms with E-state index in [4.69, 9.17) is 33.7 Å². The van der Waals surface area contributed by atoms with Gasteiger partial charge in [0.25, 0.3) is 0 Å². The zero-order chi connectivity index (χ0) is 14.5. The van der Waals surface area contributed by atoms with E-state index >= 15 is 0 Å². The minimum Gasteiger partial charge on any atom is -0.376 e. The Labute approximate surface area is 127 Å². The van der Waals surface area contributed by atoms with Gasteiger partial charge < -0.3 is 10.5 Å². The highest BCUT2D eigenvalue weighted by Crippen LogP contribution is 2.39. The molecule has 4 atom stereocenters. The van der Waals surface area contributed by atoms with E-state index < -0.39 is 16.1 Å². The van der Waals surface area contributed by atoms with Gasteiger partial charge in [-0.05, 0) is 18.6 Å². The number of fused-ring (bicyclic) bond motifs is 1. The first-order valence-electron chi connectivity index (χ1n) is 6.25. The van der Waals surface area contributed by atoms with Crippen LogP contribution in [0.3, 0.4) is 0 Å². The molecule has 1 aliphatic heterocycles. The standard InChI is InChI=1S/C12H14Cl2N2O3S/c13-7-2-1-3-8(14)12(7)20(17,18)16-10-9(15)6-4-5-19-11(6)10/h1-3,6,9-11,16H,4-5,15H2. The van der Waals surface area contributed by atoms with Crippen molar-refractivity contribution in [2.45, 2.75) is 29.5 Å². The van der Waals surface area contributed by atoms with Crippen LogP contribution in [-0.4, -0.2) is 33.2 Å². The molecule has 2 fully saturated rings. The second-order valence-corrected chi connectivity index (χ2v) is 7.53. The fraction of sp³-hybridized carbons (Fsp3) is 0.500. The van der Waals surface area contributed by atoms with Crippen LogP contribution in [0.1, 0.15) is 6.42 Å². The molecule has 0 aromatic heterocycles. The molecule has 1 heterocycles. The number of sulfonamides is 1. The Morgan fingerprint density at radius 3 is 2.60 bits per heavy atom. The van der Waals surface area contributed by atoms with Crippen LogP contribution in [0.2, 0.25) is 10.0 Å². The Bertz CT molecular complexity index is 617. The van der Waals surface area contributed by atoms with Gasteiger partial charge in [-0.2, -0.15) is 0 Å². The second-order valence-electron chi connectivity index (χ2n) is 5.06. The van der Waals surface area contributed by atoms with Gasteiger partial charge in [0, 0.05) is 18.6 Å². The van der Waals surface area contributed by atoms with Gasteiger partial charge in [-0.25, -0.2) is 13.1 Å². The number of ether oxygens (including phenoxy) is 1. The van der Waals surface area contributed by atoms with E-state index in [2.05, 4.69) is 4.72 Å². The number of halogens is 2. The van der Waals surface area contributed by atoms with Crippen LogP contribution in [0.25, 0.3) is 0 Å². The van der Waals surface area contributed by atoms with E-state index in [1.807, 2.05) is 0 Å². The Morgan fingerprint density at radius 2 is 1.95 bits per heavy atom. The lowest BCUT2D eigenvalue weighted by atomic mass is 9.73. The Morgan fingerprint density at radius 1 is 1.30 bits per heavy atom. The van der Waals surface area contributed by atoms with E-state index in [0.29, 0.717) is 6.61 Å². The lowest BCUT2D eigenvalue weighted by molar-refractivity contribution is -0.00923. The van der Waals surface area contributed by atoms with E-state index in [9.17, 15) is 8.42 Å². The molecule has 1 aromatic carbocycles. The van der Waals surface area contributed by atoms with Crippen LogP contribution in [0.15, 0.2) is 23.1 Å². The minimum atomic E-state index is -3.83. The van der Waals surface area contributed by atoms with Crippen LogP contribution in [-0.2, 0) is 14.8 Å². The maximum atomic E-state index is 12.4. The summed E-state index contributed by atoms with van der Waals surface area (Å²) in [6.07, 6.45) is 0.720. The highest BCUT2D eigenvalue weighted by Gasteiger charge is 2.53. The van der Waals surface area contributed by atoms with Crippen LogP contribution in [0.5, 0.6) is 0 Å². The van der Waals surface area contributed by atoms with Crippen molar-refractivity contribution in [2.24, 2.45) is 11.7 Å². The Kier molecular flexibility index (Phi) is 3.73. The highest BCUT2D eigenvalue weighted by molar-refractivity contribution is 7.89. The van der Waals surface area contributed by atoms with Crippen molar-refractivity contribution < 1.29 is 13.2 Å². The highest BCUT2D eigenvalue weighted by atomic mass is 35.5. The van der Waals surface area contributed by atoms with Crippen molar-refractivity contribution >= 4 is 33.2 Å². The fourth-order valence-electron chi connectivity index (χ4n) is 2.87. The molecule has 1 saturated carbocycles. The van der Waals surface area contributed by atoms with Gasteiger partial charge in [0.2, 0.25) is 10.0 Å². The van der Waals surface area contributed by atoms with Crippen LogP contribution in [0, 0.1) is 5.92 Å². The zero-order valence-corrected chi connectivity index (χ0v) is 12.8. The fourth-order valence-corrected chi connectivity index (χ4v) is 5.30. The number of hydrogen-bond acceptors (Lipinski definition) is 4. The molecule has 0 bridgehead atoms. The van der Waals surface area contributed by atoms with Gasteiger partial charge in [-0.3, -0.25) is 0 Å². The summed E-state index contributed by atoms with van der Waals surface area (Å²) < 4.78 is 32.9. The lowest BCUT2D eigenvalue weighted by Gasteiger charge is -2.45. The molecule has 1 saturated heterocycles. The number of rotatable bonds is 3. The summed E-state index contributed by atoms with van der Waals surface area (Å²) in [5.41, 5.74) is 6.00. The molecule has 4 unspecified atom stereocenters. The third-order valence-electron chi connectivity index (χ3n) is 3.93. The molecule has 3 rings (SSSR count). The number of hydrogen-bond donors (Lipinski definition) is 2. The summed E-state index contributed by atoms with van der Waals surface area (Å²) >= 11 is 11.9. The molecule has 8 heteroatoms. The largest absolute Gasteiger partial charge is 0.376 e. The van der Waals surface area contributed by atoms with Crippen molar-refractivity contribution in [1.29, 1.82) is 0 Å². The average molecular weight is 337 g/mol. The van der Waals surface area contributed by atoms with Gasteiger partial charge in [0.1, 0.15) is 4.90 Å². The summed E-state index contributed by atoms with van der Waals surface area (Å²) in [6.45, 7) is 0.619. The number of benzene rings is 1. The molecule has 2 aliphatic rings.